The summed E-state index contributed by atoms with van der Waals surface area (Å²) < 4.78 is 43.7. The Bertz CT molecular complexity index is 1670. The highest BCUT2D eigenvalue weighted by molar-refractivity contribution is 7.89. The lowest BCUT2D eigenvalue weighted by Gasteiger charge is -2.36. The van der Waals surface area contributed by atoms with Crippen LogP contribution in [-0.4, -0.2) is 60.8 Å². The standard InChI is InChI=1S/C29H30FN5O4S/c1-18-15-35(16-19(2)39-18)28-11-23(30)10-27(34-28)25-8-7-22-13-31-24(12-26(22)33-25)14-32-29(36)21-6-4-5-20(9-21)17-40(3,37)38/h4-13,18-19H,14-17H2,1-3H3,(H,32,36)/t18-,19+. The highest BCUT2D eigenvalue weighted by atomic mass is 32.2. The first kappa shape index (κ1) is 27.6. The van der Waals surface area contributed by atoms with Crippen molar-refractivity contribution in [3.63, 3.8) is 0 Å². The number of sulfone groups is 1. The third kappa shape index (κ3) is 6.78. The number of morpholine rings is 1. The average molecular weight is 564 g/mol. The zero-order valence-corrected chi connectivity index (χ0v) is 23.3. The number of fused-ring (bicyclic) bond motifs is 1. The number of hydrogen-bond acceptors (Lipinski definition) is 8. The van der Waals surface area contributed by atoms with Crippen molar-refractivity contribution in [2.24, 2.45) is 0 Å². The van der Waals surface area contributed by atoms with Crippen LogP contribution in [-0.2, 0) is 26.9 Å². The van der Waals surface area contributed by atoms with E-state index in [2.05, 4.69) is 10.3 Å². The van der Waals surface area contributed by atoms with Crippen LogP contribution < -0.4 is 10.2 Å². The fourth-order valence-electron chi connectivity index (χ4n) is 4.82. The summed E-state index contributed by atoms with van der Waals surface area (Å²) in [4.78, 5) is 28.6. The number of nitrogens with zero attached hydrogens (tertiary/aromatic N) is 4. The number of ether oxygens (including phenoxy) is 1. The topological polar surface area (TPSA) is 114 Å². The summed E-state index contributed by atoms with van der Waals surface area (Å²) in [6, 6.07) is 14.7. The summed E-state index contributed by atoms with van der Waals surface area (Å²) in [5, 5.41) is 3.61. The van der Waals surface area contributed by atoms with Crippen LogP contribution in [0, 0.1) is 5.82 Å². The van der Waals surface area contributed by atoms with E-state index < -0.39 is 15.7 Å². The van der Waals surface area contributed by atoms with E-state index in [1.165, 1.54) is 12.1 Å². The van der Waals surface area contributed by atoms with Crippen LogP contribution in [0.3, 0.4) is 0 Å². The molecule has 0 spiro atoms. The maximum atomic E-state index is 14.7. The Morgan fingerprint density at radius 1 is 1.05 bits per heavy atom. The number of carbonyl (C=O) groups is 1. The Kier molecular flexibility index (Phi) is 7.77. The molecule has 9 nitrogen and oxygen atoms in total. The van der Waals surface area contributed by atoms with E-state index in [1.807, 2.05) is 24.8 Å². The van der Waals surface area contributed by atoms with E-state index in [0.717, 1.165) is 11.6 Å². The second-order valence-electron chi connectivity index (χ2n) is 10.2. The van der Waals surface area contributed by atoms with Crippen LogP contribution in [0.25, 0.3) is 22.3 Å². The van der Waals surface area contributed by atoms with Gasteiger partial charge < -0.3 is 15.0 Å². The normalized spacial score (nSPS) is 17.6. The molecule has 1 aliphatic rings. The van der Waals surface area contributed by atoms with Gasteiger partial charge in [0, 0.05) is 48.6 Å². The molecule has 0 unspecified atom stereocenters. The first-order valence-electron chi connectivity index (χ1n) is 12.9. The molecule has 4 aromatic rings. The third-order valence-corrected chi connectivity index (χ3v) is 7.32. The number of hydrogen-bond donors (Lipinski definition) is 1. The summed E-state index contributed by atoms with van der Waals surface area (Å²) in [5.41, 5.74) is 3.06. The second-order valence-corrected chi connectivity index (χ2v) is 12.3. The largest absolute Gasteiger partial charge is 0.372 e. The van der Waals surface area contributed by atoms with Crippen LogP contribution in [0.2, 0.25) is 0 Å². The summed E-state index contributed by atoms with van der Waals surface area (Å²) >= 11 is 0. The first-order chi connectivity index (χ1) is 19.0. The maximum Gasteiger partial charge on any atom is 0.251 e. The molecule has 40 heavy (non-hydrogen) atoms. The molecular weight excluding hydrogens is 533 g/mol. The molecule has 1 aromatic carbocycles. The van der Waals surface area contributed by atoms with Crippen LogP contribution in [0.15, 0.2) is 60.8 Å². The van der Waals surface area contributed by atoms with Crippen LogP contribution in [0.4, 0.5) is 10.2 Å². The summed E-state index contributed by atoms with van der Waals surface area (Å²) in [6.07, 6.45) is 2.85. The molecule has 1 N–H and O–H groups in total. The van der Waals surface area contributed by atoms with Crippen LogP contribution in [0.5, 0.6) is 0 Å². The monoisotopic (exact) mass is 563 g/mol. The zero-order chi connectivity index (χ0) is 28.4. The minimum Gasteiger partial charge on any atom is -0.372 e. The molecule has 208 valence electrons. The fraction of sp³-hybridized carbons (Fsp3) is 0.310. The minimum absolute atomic E-state index is 0.0129. The van der Waals surface area contributed by atoms with Gasteiger partial charge in [0.15, 0.2) is 9.84 Å². The lowest BCUT2D eigenvalue weighted by molar-refractivity contribution is -0.00547. The molecule has 0 aliphatic carbocycles. The van der Waals surface area contributed by atoms with E-state index in [0.29, 0.717) is 52.6 Å². The average Bonchev–Trinajstić information content (AvgIpc) is 2.89. The molecule has 2 atom stereocenters. The molecule has 0 saturated carbocycles. The molecule has 1 amide bonds. The molecule has 1 saturated heterocycles. The van der Waals surface area contributed by atoms with Crippen LogP contribution in [0.1, 0.15) is 35.5 Å². The molecule has 4 heterocycles. The quantitative estimate of drug-likeness (QED) is 0.360. The van der Waals surface area contributed by atoms with Gasteiger partial charge in [0.1, 0.15) is 11.6 Å². The van der Waals surface area contributed by atoms with E-state index >= 15 is 0 Å². The van der Waals surface area contributed by atoms with Gasteiger partial charge in [0.25, 0.3) is 5.91 Å². The van der Waals surface area contributed by atoms with Gasteiger partial charge in [-0.1, -0.05) is 12.1 Å². The number of amides is 1. The number of halogens is 1. The van der Waals surface area contributed by atoms with Crippen molar-refractivity contribution in [3.05, 3.63) is 83.4 Å². The Hall–Kier alpha value is -3.96. The predicted molar refractivity (Wildman–Crippen MR) is 151 cm³/mol. The fourth-order valence-corrected chi connectivity index (χ4v) is 5.60. The number of anilines is 1. The predicted octanol–water partition coefficient (Wildman–Crippen LogP) is 3.92. The molecule has 3 aromatic heterocycles. The summed E-state index contributed by atoms with van der Waals surface area (Å²) in [7, 11) is -3.22. The SMILES string of the molecule is C[C@@H]1CN(c2cc(F)cc(-c3ccc4cnc(CNC(=O)c5cccc(CS(C)(=O)=O)c5)cc4n3)n2)C[C@H](C)O1. The number of nitrogens with one attached hydrogen (secondary N) is 1. The van der Waals surface area contributed by atoms with E-state index in [1.54, 1.807) is 42.6 Å². The van der Waals surface area contributed by atoms with E-state index in [4.69, 9.17) is 14.7 Å². The third-order valence-electron chi connectivity index (χ3n) is 6.46. The number of aromatic nitrogens is 3. The van der Waals surface area contributed by atoms with Crippen molar-refractivity contribution < 1.29 is 22.3 Å². The van der Waals surface area contributed by atoms with Crippen molar-refractivity contribution in [1.82, 2.24) is 20.3 Å². The van der Waals surface area contributed by atoms with Gasteiger partial charge in [-0.25, -0.2) is 22.8 Å². The van der Waals surface area contributed by atoms with Crippen molar-refractivity contribution in [2.75, 3.05) is 24.2 Å². The highest BCUT2D eigenvalue weighted by Crippen LogP contribution is 2.25. The first-order valence-corrected chi connectivity index (χ1v) is 15.0. The van der Waals surface area contributed by atoms with E-state index in [9.17, 15) is 17.6 Å². The zero-order valence-electron chi connectivity index (χ0n) is 22.5. The molecule has 1 aliphatic heterocycles. The van der Waals surface area contributed by atoms with Gasteiger partial charge in [0.2, 0.25) is 0 Å². The summed E-state index contributed by atoms with van der Waals surface area (Å²) in [6.45, 7) is 5.35. The Balaban J connectivity index is 1.34. The van der Waals surface area contributed by atoms with E-state index in [-0.39, 0.29) is 30.4 Å². The van der Waals surface area contributed by atoms with Gasteiger partial charge >= 0.3 is 0 Å². The van der Waals surface area contributed by atoms with Crippen molar-refractivity contribution in [1.29, 1.82) is 0 Å². The second kappa shape index (κ2) is 11.3. The smallest absolute Gasteiger partial charge is 0.251 e. The Morgan fingerprint density at radius 3 is 2.58 bits per heavy atom. The highest BCUT2D eigenvalue weighted by Gasteiger charge is 2.24. The molecular formula is C29H30FN5O4S. The lowest BCUT2D eigenvalue weighted by atomic mass is 10.1. The lowest BCUT2D eigenvalue weighted by Crippen LogP contribution is -2.45. The molecule has 0 bridgehead atoms. The molecule has 0 radical (unpaired) electrons. The van der Waals surface area contributed by atoms with Crippen molar-refractivity contribution in [2.45, 2.75) is 38.4 Å². The maximum absolute atomic E-state index is 14.7. The number of benzene rings is 1. The number of pyridine rings is 3. The Labute approximate surface area is 232 Å². The molecule has 11 heteroatoms. The van der Waals surface area contributed by atoms with Crippen molar-refractivity contribution in [3.8, 4) is 11.4 Å². The Morgan fingerprint density at radius 2 is 1.82 bits per heavy atom. The summed E-state index contributed by atoms with van der Waals surface area (Å²) in [5.74, 6) is -0.340. The molecule has 1 fully saturated rings. The van der Waals surface area contributed by atoms with Gasteiger partial charge in [0.05, 0.1) is 47.1 Å². The number of carbonyl (C=O) groups excluding carboxylic acids is 1. The van der Waals surface area contributed by atoms with Gasteiger partial charge in [-0.15, -0.1) is 0 Å². The molecule has 5 rings (SSSR count). The minimum atomic E-state index is -3.22. The number of rotatable bonds is 7. The van der Waals surface area contributed by atoms with Gasteiger partial charge in [-0.05, 0) is 49.7 Å². The van der Waals surface area contributed by atoms with Crippen molar-refractivity contribution >= 4 is 32.5 Å². The van der Waals surface area contributed by atoms with Crippen LogP contribution >= 0.6 is 0 Å². The van der Waals surface area contributed by atoms with Gasteiger partial charge in [-0.2, -0.15) is 0 Å². The van der Waals surface area contributed by atoms with Gasteiger partial charge in [-0.3, -0.25) is 9.78 Å².